The van der Waals surface area contributed by atoms with Crippen LogP contribution in [0.2, 0.25) is 0 Å². The van der Waals surface area contributed by atoms with Crippen LogP contribution in [0.3, 0.4) is 0 Å². The van der Waals surface area contributed by atoms with E-state index in [1.165, 1.54) is 0 Å². The molecule has 0 spiro atoms. The number of esters is 1. The van der Waals surface area contributed by atoms with Gasteiger partial charge < -0.3 is 20.1 Å². The molecule has 3 N–H and O–H groups in total. The van der Waals surface area contributed by atoms with Gasteiger partial charge in [0.1, 0.15) is 5.92 Å². The Hall–Kier alpha value is -1.63. The topological polar surface area (TPSA) is 121 Å². The van der Waals surface area contributed by atoms with Crippen LogP contribution in [0.15, 0.2) is 0 Å². The van der Waals surface area contributed by atoms with Crippen molar-refractivity contribution >= 4 is 17.9 Å². The molecule has 3 unspecified atom stereocenters. The van der Waals surface area contributed by atoms with Crippen LogP contribution in [-0.4, -0.2) is 45.9 Å². The monoisotopic (exact) mass is 332 g/mol. The third-order valence-corrected chi connectivity index (χ3v) is 3.73. The molecular formula is C16H28O7. The molecule has 0 rings (SSSR count). The van der Waals surface area contributed by atoms with Crippen LogP contribution in [0.5, 0.6) is 0 Å². The lowest BCUT2D eigenvalue weighted by molar-refractivity contribution is -0.163. The number of carbonyl (C=O) groups is 3. The predicted molar refractivity (Wildman–Crippen MR) is 82.9 cm³/mol. The number of aliphatic carboxylic acids is 2. The maximum atomic E-state index is 11.7. The third kappa shape index (κ3) is 9.18. The summed E-state index contributed by atoms with van der Waals surface area (Å²) < 4.78 is 5.09. The lowest BCUT2D eigenvalue weighted by Gasteiger charge is -2.18. The van der Waals surface area contributed by atoms with E-state index in [-0.39, 0.29) is 12.5 Å². The number of aliphatic hydroxyl groups excluding tert-OH is 1. The third-order valence-electron chi connectivity index (χ3n) is 3.73. The fourth-order valence-corrected chi connectivity index (χ4v) is 2.36. The lowest BCUT2D eigenvalue weighted by Crippen LogP contribution is -2.36. The maximum Gasteiger partial charge on any atom is 0.333 e. The average molecular weight is 332 g/mol. The summed E-state index contributed by atoms with van der Waals surface area (Å²) in [5, 5.41) is 26.9. The summed E-state index contributed by atoms with van der Waals surface area (Å²) in [5.41, 5.74) is 0. The van der Waals surface area contributed by atoms with Crippen molar-refractivity contribution < 1.29 is 34.4 Å². The Labute approximate surface area is 136 Å². The predicted octanol–water partition coefficient (Wildman–Crippen LogP) is 2.06. The van der Waals surface area contributed by atoms with Crippen molar-refractivity contribution in [2.75, 3.05) is 6.61 Å². The molecule has 0 aromatic carbocycles. The van der Waals surface area contributed by atoms with Crippen LogP contribution in [0.4, 0.5) is 0 Å². The molecule has 0 aliphatic rings. The number of unbranched alkanes of at least 4 members (excludes halogenated alkanes) is 2. The van der Waals surface area contributed by atoms with Gasteiger partial charge in [0.2, 0.25) is 0 Å². The van der Waals surface area contributed by atoms with Gasteiger partial charge in [-0.1, -0.05) is 39.5 Å². The van der Waals surface area contributed by atoms with Gasteiger partial charge in [0, 0.05) is 0 Å². The Bertz CT molecular complexity index is 381. The van der Waals surface area contributed by atoms with Crippen LogP contribution in [0.25, 0.3) is 0 Å². The lowest BCUT2D eigenvalue weighted by atomic mass is 9.97. The Morgan fingerprint density at radius 1 is 0.957 bits per heavy atom. The van der Waals surface area contributed by atoms with E-state index in [1.54, 1.807) is 0 Å². The molecule has 0 aliphatic carbocycles. The fourth-order valence-electron chi connectivity index (χ4n) is 2.36. The number of hydrogen-bond acceptors (Lipinski definition) is 5. The van der Waals surface area contributed by atoms with E-state index < -0.39 is 36.4 Å². The first-order valence-corrected chi connectivity index (χ1v) is 8.12. The standard InChI is InChI=1S/C16H28O7/c1-3-5-6-8-11(7-4-2)10-23-13(17)9-12(15(19)20)14(18)16(21)22/h11-12,14,18H,3-10H2,1-2H3,(H,19,20)(H,21,22). The Balaban J connectivity index is 4.42. The van der Waals surface area contributed by atoms with E-state index in [9.17, 15) is 19.5 Å². The van der Waals surface area contributed by atoms with Crippen molar-refractivity contribution in [1.29, 1.82) is 0 Å². The van der Waals surface area contributed by atoms with Gasteiger partial charge in [0.05, 0.1) is 13.0 Å². The van der Waals surface area contributed by atoms with Gasteiger partial charge in [-0.2, -0.15) is 0 Å². The highest BCUT2D eigenvalue weighted by Crippen LogP contribution is 2.17. The molecule has 7 heteroatoms. The van der Waals surface area contributed by atoms with Gasteiger partial charge in [0.15, 0.2) is 6.10 Å². The number of carboxylic acids is 2. The number of rotatable bonds is 13. The molecule has 0 bridgehead atoms. The van der Waals surface area contributed by atoms with Gasteiger partial charge in [-0.3, -0.25) is 9.59 Å². The minimum atomic E-state index is -2.13. The average Bonchev–Trinajstić information content (AvgIpc) is 2.49. The highest BCUT2D eigenvalue weighted by atomic mass is 16.5. The first-order chi connectivity index (χ1) is 10.8. The minimum Gasteiger partial charge on any atom is -0.481 e. The van der Waals surface area contributed by atoms with Gasteiger partial charge in [-0.25, -0.2) is 4.79 Å². The molecule has 0 saturated carbocycles. The van der Waals surface area contributed by atoms with Gasteiger partial charge in [-0.05, 0) is 18.8 Å². The molecular weight excluding hydrogens is 304 g/mol. The summed E-state index contributed by atoms with van der Waals surface area (Å²) in [6.07, 6.45) is 3.29. The molecule has 7 nitrogen and oxygen atoms in total. The molecule has 23 heavy (non-hydrogen) atoms. The van der Waals surface area contributed by atoms with Crippen molar-refractivity contribution in [3.05, 3.63) is 0 Å². The molecule has 0 aromatic heterocycles. The molecule has 0 radical (unpaired) electrons. The zero-order valence-electron chi connectivity index (χ0n) is 13.9. The molecule has 0 heterocycles. The van der Waals surface area contributed by atoms with Crippen molar-refractivity contribution in [1.82, 2.24) is 0 Å². The number of carboxylic acid groups (broad SMARTS) is 2. The van der Waals surface area contributed by atoms with Crippen LogP contribution in [0.1, 0.15) is 58.8 Å². The Morgan fingerprint density at radius 3 is 2.09 bits per heavy atom. The van der Waals surface area contributed by atoms with Gasteiger partial charge in [0.25, 0.3) is 0 Å². The Morgan fingerprint density at radius 2 is 1.61 bits per heavy atom. The largest absolute Gasteiger partial charge is 0.481 e. The van der Waals surface area contributed by atoms with Gasteiger partial charge in [-0.15, -0.1) is 0 Å². The zero-order chi connectivity index (χ0) is 17.8. The molecule has 0 fully saturated rings. The summed E-state index contributed by atoms with van der Waals surface area (Å²) >= 11 is 0. The molecule has 3 atom stereocenters. The first-order valence-electron chi connectivity index (χ1n) is 8.12. The second-order valence-electron chi connectivity index (χ2n) is 5.77. The van der Waals surface area contributed by atoms with Crippen molar-refractivity contribution in [3.63, 3.8) is 0 Å². The number of ether oxygens (including phenoxy) is 1. The molecule has 0 saturated heterocycles. The summed E-state index contributed by atoms with van der Waals surface area (Å²) in [7, 11) is 0. The van der Waals surface area contributed by atoms with Crippen LogP contribution in [-0.2, 0) is 19.1 Å². The van der Waals surface area contributed by atoms with Crippen LogP contribution in [0, 0.1) is 11.8 Å². The number of carbonyl (C=O) groups excluding carboxylic acids is 1. The highest BCUT2D eigenvalue weighted by molar-refractivity contribution is 5.85. The number of hydrogen-bond donors (Lipinski definition) is 3. The Kier molecular flexibility index (Phi) is 11.0. The molecule has 134 valence electrons. The summed E-state index contributed by atoms with van der Waals surface area (Å²) in [5.74, 6) is -5.49. The second kappa shape index (κ2) is 11.9. The SMILES string of the molecule is CCCCCC(CCC)COC(=O)CC(C(=O)O)C(O)C(=O)O. The number of aliphatic hydroxyl groups is 1. The normalized spacial score (nSPS) is 14.7. The summed E-state index contributed by atoms with van der Waals surface area (Å²) in [4.78, 5) is 33.4. The smallest absolute Gasteiger partial charge is 0.333 e. The summed E-state index contributed by atoms with van der Waals surface area (Å²) in [6.45, 7) is 4.35. The van der Waals surface area contributed by atoms with E-state index in [2.05, 4.69) is 6.92 Å². The van der Waals surface area contributed by atoms with Crippen molar-refractivity contribution in [2.45, 2.75) is 64.9 Å². The molecule has 0 aliphatic heterocycles. The first kappa shape index (κ1) is 21.4. The quantitative estimate of drug-likeness (QED) is 0.348. The fraction of sp³-hybridized carbons (Fsp3) is 0.812. The second-order valence-corrected chi connectivity index (χ2v) is 5.77. The summed E-state index contributed by atoms with van der Waals surface area (Å²) in [6, 6.07) is 0. The molecule has 0 aromatic rings. The van der Waals surface area contributed by atoms with E-state index in [0.29, 0.717) is 0 Å². The van der Waals surface area contributed by atoms with Crippen LogP contribution < -0.4 is 0 Å². The zero-order valence-corrected chi connectivity index (χ0v) is 13.9. The van der Waals surface area contributed by atoms with Crippen molar-refractivity contribution in [2.24, 2.45) is 11.8 Å². The minimum absolute atomic E-state index is 0.200. The van der Waals surface area contributed by atoms with E-state index in [0.717, 1.165) is 38.5 Å². The highest BCUT2D eigenvalue weighted by Gasteiger charge is 2.34. The maximum absolute atomic E-state index is 11.7. The van der Waals surface area contributed by atoms with E-state index in [4.69, 9.17) is 14.9 Å². The van der Waals surface area contributed by atoms with Crippen molar-refractivity contribution in [3.8, 4) is 0 Å². The molecule has 0 amide bonds. The van der Waals surface area contributed by atoms with E-state index >= 15 is 0 Å². The van der Waals surface area contributed by atoms with Gasteiger partial charge >= 0.3 is 17.9 Å². The van der Waals surface area contributed by atoms with Crippen LogP contribution >= 0.6 is 0 Å². The van der Waals surface area contributed by atoms with E-state index in [1.807, 2.05) is 6.92 Å².